The fourth-order valence-electron chi connectivity index (χ4n) is 0.978. The van der Waals surface area contributed by atoms with E-state index in [1.807, 2.05) is 13.8 Å². The summed E-state index contributed by atoms with van der Waals surface area (Å²) in [6.45, 7) is 3.94. The van der Waals surface area contributed by atoms with Crippen LogP contribution < -0.4 is 5.73 Å². The highest BCUT2D eigenvalue weighted by molar-refractivity contribution is 5.15. The third-order valence-electron chi connectivity index (χ3n) is 1.80. The Bertz CT molecular complexity index is 230. The number of H-pyrrole nitrogens is 1. The van der Waals surface area contributed by atoms with E-state index in [-0.39, 0.29) is 17.9 Å². The molecule has 0 aliphatic heterocycles. The predicted octanol–water partition coefficient (Wildman–Crippen LogP) is 1.81. The molecule has 62 valence electrons. The van der Waals surface area contributed by atoms with Crippen molar-refractivity contribution in [3.8, 4) is 0 Å². The van der Waals surface area contributed by atoms with Gasteiger partial charge in [0.1, 0.15) is 0 Å². The Morgan fingerprint density at radius 1 is 1.55 bits per heavy atom. The van der Waals surface area contributed by atoms with Crippen molar-refractivity contribution in [2.24, 2.45) is 11.7 Å². The van der Waals surface area contributed by atoms with E-state index in [0.717, 1.165) is 0 Å². The average molecular weight is 156 g/mol. The number of aromatic amines is 1. The standard InChI is InChI=1S/C8H13FN2/c1-5(2)7(10)6-3-4-11-8(6)9/h3-5,7,11H,10H2,1-2H3/t7-/m1/s1. The molecular weight excluding hydrogens is 143 g/mol. The highest BCUT2D eigenvalue weighted by Gasteiger charge is 2.14. The molecule has 0 aliphatic carbocycles. The minimum atomic E-state index is -0.314. The van der Waals surface area contributed by atoms with Crippen LogP contribution in [-0.4, -0.2) is 4.98 Å². The molecule has 0 fully saturated rings. The van der Waals surface area contributed by atoms with Gasteiger partial charge in [-0.25, -0.2) is 0 Å². The maximum Gasteiger partial charge on any atom is 0.195 e. The van der Waals surface area contributed by atoms with E-state index in [4.69, 9.17) is 5.73 Å². The Kier molecular flexibility index (Phi) is 2.29. The van der Waals surface area contributed by atoms with Gasteiger partial charge in [-0.3, -0.25) is 0 Å². The van der Waals surface area contributed by atoms with E-state index in [1.165, 1.54) is 0 Å². The molecule has 1 atom stereocenters. The van der Waals surface area contributed by atoms with Crippen molar-refractivity contribution in [1.82, 2.24) is 4.98 Å². The molecule has 0 unspecified atom stereocenters. The van der Waals surface area contributed by atoms with Gasteiger partial charge in [-0.05, 0) is 12.0 Å². The van der Waals surface area contributed by atoms with Crippen LogP contribution in [0.1, 0.15) is 25.5 Å². The zero-order valence-corrected chi connectivity index (χ0v) is 6.76. The third kappa shape index (κ3) is 1.60. The molecule has 11 heavy (non-hydrogen) atoms. The SMILES string of the molecule is CC(C)[C@@H](N)c1cc[nH]c1F. The number of rotatable bonds is 2. The number of halogens is 1. The molecule has 0 spiro atoms. The Morgan fingerprint density at radius 2 is 2.18 bits per heavy atom. The fourth-order valence-corrected chi connectivity index (χ4v) is 0.978. The summed E-state index contributed by atoms with van der Waals surface area (Å²) in [4.78, 5) is 2.46. The summed E-state index contributed by atoms with van der Waals surface area (Å²) in [5.41, 5.74) is 6.29. The van der Waals surface area contributed by atoms with Gasteiger partial charge >= 0.3 is 0 Å². The van der Waals surface area contributed by atoms with Crippen LogP contribution in [0.25, 0.3) is 0 Å². The quantitative estimate of drug-likeness (QED) is 0.673. The van der Waals surface area contributed by atoms with Crippen molar-refractivity contribution in [3.05, 3.63) is 23.8 Å². The molecule has 3 N–H and O–H groups in total. The van der Waals surface area contributed by atoms with Crippen molar-refractivity contribution in [3.63, 3.8) is 0 Å². The molecule has 0 bridgehead atoms. The lowest BCUT2D eigenvalue weighted by atomic mass is 10.00. The van der Waals surface area contributed by atoms with Crippen molar-refractivity contribution in [2.75, 3.05) is 0 Å². The molecule has 1 aromatic rings. The summed E-state index contributed by atoms with van der Waals surface area (Å²) in [7, 11) is 0. The third-order valence-corrected chi connectivity index (χ3v) is 1.80. The molecule has 1 rings (SSSR count). The van der Waals surface area contributed by atoms with E-state index >= 15 is 0 Å². The summed E-state index contributed by atoms with van der Waals surface area (Å²) < 4.78 is 12.8. The second-order valence-corrected chi connectivity index (χ2v) is 3.02. The summed E-state index contributed by atoms with van der Waals surface area (Å²) >= 11 is 0. The Morgan fingerprint density at radius 3 is 2.55 bits per heavy atom. The minimum Gasteiger partial charge on any atom is -0.338 e. The molecule has 1 heterocycles. The van der Waals surface area contributed by atoms with Gasteiger partial charge in [0.05, 0.1) is 0 Å². The van der Waals surface area contributed by atoms with Crippen LogP contribution in [0.4, 0.5) is 4.39 Å². The Balaban J connectivity index is 2.84. The topological polar surface area (TPSA) is 41.8 Å². The molecule has 0 saturated heterocycles. The normalized spacial score (nSPS) is 13.9. The maximum absolute atomic E-state index is 12.8. The predicted molar refractivity (Wildman–Crippen MR) is 42.5 cm³/mol. The molecule has 0 amide bonds. The first-order valence-corrected chi connectivity index (χ1v) is 3.71. The lowest BCUT2D eigenvalue weighted by Crippen LogP contribution is -2.17. The second kappa shape index (κ2) is 3.05. The van der Waals surface area contributed by atoms with Crippen molar-refractivity contribution in [2.45, 2.75) is 19.9 Å². The van der Waals surface area contributed by atoms with Crippen LogP contribution in [0.15, 0.2) is 12.3 Å². The van der Waals surface area contributed by atoms with Crippen molar-refractivity contribution in [1.29, 1.82) is 0 Å². The average Bonchev–Trinajstić information content (AvgIpc) is 2.33. The minimum absolute atomic E-state index is 0.207. The lowest BCUT2D eigenvalue weighted by molar-refractivity contribution is 0.479. The summed E-state index contributed by atoms with van der Waals surface area (Å²) in [6.07, 6.45) is 1.56. The van der Waals surface area contributed by atoms with E-state index in [1.54, 1.807) is 12.3 Å². The van der Waals surface area contributed by atoms with Crippen LogP contribution in [-0.2, 0) is 0 Å². The number of nitrogens with two attached hydrogens (primary N) is 1. The second-order valence-electron chi connectivity index (χ2n) is 3.02. The van der Waals surface area contributed by atoms with Crippen molar-refractivity contribution >= 4 is 0 Å². The van der Waals surface area contributed by atoms with Crippen LogP contribution in [0.2, 0.25) is 0 Å². The first-order valence-electron chi connectivity index (χ1n) is 3.71. The van der Waals surface area contributed by atoms with E-state index < -0.39 is 0 Å². The van der Waals surface area contributed by atoms with E-state index in [0.29, 0.717) is 5.56 Å². The zero-order valence-electron chi connectivity index (χ0n) is 6.76. The van der Waals surface area contributed by atoms with Gasteiger partial charge in [-0.1, -0.05) is 13.8 Å². The number of hydrogen-bond acceptors (Lipinski definition) is 1. The van der Waals surface area contributed by atoms with E-state index in [9.17, 15) is 4.39 Å². The lowest BCUT2D eigenvalue weighted by Gasteiger charge is -2.13. The number of nitrogens with one attached hydrogen (secondary N) is 1. The van der Waals surface area contributed by atoms with Gasteiger partial charge in [0.25, 0.3) is 0 Å². The monoisotopic (exact) mass is 156 g/mol. The van der Waals surface area contributed by atoms with Crippen LogP contribution in [0.3, 0.4) is 0 Å². The fraction of sp³-hybridized carbons (Fsp3) is 0.500. The van der Waals surface area contributed by atoms with Crippen molar-refractivity contribution < 1.29 is 4.39 Å². The molecular formula is C8H13FN2. The summed E-state index contributed by atoms with van der Waals surface area (Å²) in [5, 5.41) is 0. The summed E-state index contributed by atoms with van der Waals surface area (Å²) in [6, 6.07) is 1.47. The summed E-state index contributed by atoms with van der Waals surface area (Å²) in [5.74, 6) is -0.0495. The van der Waals surface area contributed by atoms with Crippen LogP contribution in [0.5, 0.6) is 0 Å². The van der Waals surface area contributed by atoms with Gasteiger partial charge in [0, 0.05) is 17.8 Å². The maximum atomic E-state index is 12.8. The Hall–Kier alpha value is -0.830. The van der Waals surface area contributed by atoms with Gasteiger partial charge in [0.2, 0.25) is 0 Å². The van der Waals surface area contributed by atoms with Crippen LogP contribution >= 0.6 is 0 Å². The highest BCUT2D eigenvalue weighted by atomic mass is 19.1. The highest BCUT2D eigenvalue weighted by Crippen LogP contribution is 2.20. The number of hydrogen-bond donors (Lipinski definition) is 2. The zero-order chi connectivity index (χ0) is 8.43. The van der Waals surface area contributed by atoms with Gasteiger partial charge in [-0.2, -0.15) is 4.39 Å². The van der Waals surface area contributed by atoms with Gasteiger partial charge in [0.15, 0.2) is 5.95 Å². The van der Waals surface area contributed by atoms with E-state index in [2.05, 4.69) is 4.98 Å². The van der Waals surface area contributed by atoms with Gasteiger partial charge in [-0.15, -0.1) is 0 Å². The molecule has 1 aromatic heterocycles. The molecule has 0 radical (unpaired) electrons. The van der Waals surface area contributed by atoms with Gasteiger partial charge < -0.3 is 10.7 Å². The first kappa shape index (κ1) is 8.27. The van der Waals surface area contributed by atoms with Crippen LogP contribution in [0, 0.1) is 11.9 Å². The first-order chi connectivity index (χ1) is 5.13. The largest absolute Gasteiger partial charge is 0.338 e. The smallest absolute Gasteiger partial charge is 0.195 e. The molecule has 0 aromatic carbocycles. The molecule has 0 aliphatic rings. The number of aromatic nitrogens is 1. The molecule has 3 heteroatoms. The Labute approximate surface area is 65.6 Å². The molecule has 0 saturated carbocycles. The molecule has 2 nitrogen and oxygen atoms in total.